The molecule has 4 nitrogen and oxygen atoms in total. The maximum Gasteiger partial charge on any atom is 0.0668 e. The van der Waals surface area contributed by atoms with Gasteiger partial charge in [0.05, 0.1) is 18.8 Å². The lowest BCUT2D eigenvalue weighted by Crippen LogP contribution is -2.34. The molecule has 122 valence electrons. The Morgan fingerprint density at radius 3 is 2.91 bits per heavy atom. The average Bonchev–Trinajstić information content (AvgIpc) is 3.05. The van der Waals surface area contributed by atoms with E-state index in [-0.39, 0.29) is 6.61 Å². The zero-order chi connectivity index (χ0) is 15.9. The molecule has 1 aliphatic rings. The number of rotatable bonds is 6. The Morgan fingerprint density at radius 1 is 1.22 bits per heavy atom. The lowest BCUT2D eigenvalue weighted by atomic mass is 9.95. The highest BCUT2D eigenvalue weighted by molar-refractivity contribution is 5.48. The Morgan fingerprint density at radius 2 is 2.09 bits per heavy atom. The highest BCUT2D eigenvalue weighted by Crippen LogP contribution is 2.25. The summed E-state index contributed by atoms with van der Waals surface area (Å²) in [5.41, 5.74) is 2.42. The summed E-state index contributed by atoms with van der Waals surface area (Å²) in [5, 5.41) is 13.6. The number of aromatic nitrogens is 2. The molecule has 0 aliphatic carbocycles. The summed E-state index contributed by atoms with van der Waals surface area (Å²) in [6, 6.07) is 12.5. The molecule has 1 aliphatic heterocycles. The zero-order valence-electron chi connectivity index (χ0n) is 13.5. The minimum absolute atomic E-state index is 0.141. The van der Waals surface area contributed by atoms with Gasteiger partial charge in [-0.1, -0.05) is 42.5 Å². The van der Waals surface area contributed by atoms with Crippen molar-refractivity contribution in [2.75, 3.05) is 26.2 Å². The van der Waals surface area contributed by atoms with E-state index < -0.39 is 0 Å². The number of nitrogens with zero attached hydrogens (tertiary/aromatic N) is 3. The summed E-state index contributed by atoms with van der Waals surface area (Å²) >= 11 is 0. The van der Waals surface area contributed by atoms with Gasteiger partial charge in [0, 0.05) is 25.2 Å². The largest absolute Gasteiger partial charge is 0.394 e. The summed E-state index contributed by atoms with van der Waals surface area (Å²) in [6.45, 7) is 3.93. The average molecular weight is 311 g/mol. The van der Waals surface area contributed by atoms with E-state index in [2.05, 4.69) is 52.5 Å². The first-order chi connectivity index (χ1) is 11.3. The van der Waals surface area contributed by atoms with E-state index in [0.717, 1.165) is 25.3 Å². The number of likely N-dealkylation sites (tertiary alicyclic amines) is 1. The van der Waals surface area contributed by atoms with Crippen LogP contribution in [0.2, 0.25) is 0 Å². The third kappa shape index (κ3) is 4.53. The molecule has 4 heteroatoms. The molecule has 0 bridgehead atoms. The van der Waals surface area contributed by atoms with Crippen LogP contribution >= 0.6 is 0 Å². The Labute approximate surface area is 138 Å². The Kier molecular flexibility index (Phi) is 5.61. The third-order valence-corrected chi connectivity index (χ3v) is 4.39. The predicted molar refractivity (Wildman–Crippen MR) is 93.2 cm³/mol. The molecule has 0 spiro atoms. The fourth-order valence-corrected chi connectivity index (χ4v) is 3.19. The van der Waals surface area contributed by atoms with Gasteiger partial charge in [-0.3, -0.25) is 9.58 Å². The van der Waals surface area contributed by atoms with Crippen molar-refractivity contribution in [1.82, 2.24) is 14.7 Å². The van der Waals surface area contributed by atoms with Crippen LogP contribution in [0.3, 0.4) is 0 Å². The second kappa shape index (κ2) is 8.09. The lowest BCUT2D eigenvalue weighted by molar-refractivity contribution is 0.225. The quantitative estimate of drug-likeness (QED) is 0.892. The van der Waals surface area contributed by atoms with Gasteiger partial charge in [-0.15, -0.1) is 0 Å². The second-order valence-corrected chi connectivity index (χ2v) is 6.14. The SMILES string of the molecule is OCCn1ccc([C@@H]2CCCN(C/C=C/c3ccccc3)C2)n1. The van der Waals surface area contributed by atoms with Crippen molar-refractivity contribution in [3.8, 4) is 0 Å². The Balaban J connectivity index is 1.54. The molecule has 3 rings (SSSR count). The Bertz CT molecular complexity index is 621. The van der Waals surface area contributed by atoms with Crippen LogP contribution in [0, 0.1) is 0 Å². The topological polar surface area (TPSA) is 41.3 Å². The van der Waals surface area contributed by atoms with Gasteiger partial charge in [-0.2, -0.15) is 5.10 Å². The van der Waals surface area contributed by atoms with E-state index in [4.69, 9.17) is 5.11 Å². The van der Waals surface area contributed by atoms with Gasteiger partial charge in [0.25, 0.3) is 0 Å². The number of hydrogen-bond donors (Lipinski definition) is 1. The molecular weight excluding hydrogens is 286 g/mol. The van der Waals surface area contributed by atoms with Crippen LogP contribution in [0.25, 0.3) is 6.08 Å². The first-order valence-corrected chi connectivity index (χ1v) is 8.43. The molecule has 0 amide bonds. The number of hydrogen-bond acceptors (Lipinski definition) is 3. The second-order valence-electron chi connectivity index (χ2n) is 6.14. The molecule has 0 saturated carbocycles. The minimum atomic E-state index is 0.141. The molecule has 0 unspecified atom stereocenters. The summed E-state index contributed by atoms with van der Waals surface area (Å²) in [5.74, 6) is 0.508. The van der Waals surface area contributed by atoms with E-state index >= 15 is 0 Å². The predicted octanol–water partition coefficient (Wildman–Crippen LogP) is 2.77. The summed E-state index contributed by atoms with van der Waals surface area (Å²) in [6.07, 6.45) is 8.84. The van der Waals surface area contributed by atoms with E-state index in [1.165, 1.54) is 18.4 Å². The third-order valence-electron chi connectivity index (χ3n) is 4.39. The van der Waals surface area contributed by atoms with Gasteiger partial charge in [-0.25, -0.2) is 0 Å². The van der Waals surface area contributed by atoms with Crippen LogP contribution in [0.4, 0.5) is 0 Å². The number of aliphatic hydroxyl groups excluding tert-OH is 1. The van der Waals surface area contributed by atoms with Crippen molar-refractivity contribution >= 4 is 6.08 Å². The van der Waals surface area contributed by atoms with Crippen molar-refractivity contribution in [1.29, 1.82) is 0 Å². The van der Waals surface area contributed by atoms with E-state index in [0.29, 0.717) is 12.5 Å². The molecule has 0 radical (unpaired) electrons. The maximum atomic E-state index is 9.00. The molecule has 1 N–H and O–H groups in total. The molecule has 1 aromatic carbocycles. The fraction of sp³-hybridized carbons (Fsp3) is 0.421. The van der Waals surface area contributed by atoms with E-state index in [9.17, 15) is 0 Å². The van der Waals surface area contributed by atoms with Gasteiger partial charge < -0.3 is 5.11 Å². The minimum Gasteiger partial charge on any atom is -0.394 e. The van der Waals surface area contributed by atoms with Gasteiger partial charge in [0.15, 0.2) is 0 Å². The molecule has 23 heavy (non-hydrogen) atoms. The zero-order valence-corrected chi connectivity index (χ0v) is 13.5. The summed E-state index contributed by atoms with van der Waals surface area (Å²) in [4.78, 5) is 2.50. The molecule has 2 heterocycles. The van der Waals surface area contributed by atoms with Crippen LogP contribution in [0.5, 0.6) is 0 Å². The van der Waals surface area contributed by atoms with Crippen LogP contribution in [0.1, 0.15) is 30.0 Å². The highest BCUT2D eigenvalue weighted by atomic mass is 16.3. The molecule has 1 fully saturated rings. The van der Waals surface area contributed by atoms with Crippen LogP contribution in [-0.4, -0.2) is 46.0 Å². The van der Waals surface area contributed by atoms with Gasteiger partial charge in [0.1, 0.15) is 0 Å². The summed E-state index contributed by atoms with van der Waals surface area (Å²) < 4.78 is 1.84. The first kappa shape index (κ1) is 16.0. The normalized spacial score (nSPS) is 19.4. The lowest BCUT2D eigenvalue weighted by Gasteiger charge is -2.31. The van der Waals surface area contributed by atoms with E-state index in [1.807, 2.05) is 16.9 Å². The van der Waals surface area contributed by atoms with E-state index in [1.54, 1.807) is 0 Å². The van der Waals surface area contributed by atoms with Crippen LogP contribution in [0.15, 0.2) is 48.7 Å². The van der Waals surface area contributed by atoms with Crippen molar-refractivity contribution in [3.63, 3.8) is 0 Å². The molecule has 1 atom stereocenters. The number of piperidine rings is 1. The Hall–Kier alpha value is -1.91. The first-order valence-electron chi connectivity index (χ1n) is 8.43. The van der Waals surface area contributed by atoms with Crippen LogP contribution < -0.4 is 0 Å². The monoisotopic (exact) mass is 311 g/mol. The molecule has 1 saturated heterocycles. The van der Waals surface area contributed by atoms with Crippen molar-refractivity contribution < 1.29 is 5.11 Å². The maximum absolute atomic E-state index is 9.00. The summed E-state index contributed by atoms with van der Waals surface area (Å²) in [7, 11) is 0. The fourth-order valence-electron chi connectivity index (χ4n) is 3.19. The van der Waals surface area contributed by atoms with Gasteiger partial charge in [-0.05, 0) is 31.0 Å². The highest BCUT2D eigenvalue weighted by Gasteiger charge is 2.22. The molecule has 1 aromatic heterocycles. The molecule has 2 aromatic rings. The van der Waals surface area contributed by atoms with Crippen molar-refractivity contribution in [3.05, 3.63) is 59.9 Å². The van der Waals surface area contributed by atoms with Crippen LogP contribution in [-0.2, 0) is 6.54 Å². The van der Waals surface area contributed by atoms with Crippen molar-refractivity contribution in [2.45, 2.75) is 25.3 Å². The smallest absolute Gasteiger partial charge is 0.0668 e. The van der Waals surface area contributed by atoms with Gasteiger partial charge in [0.2, 0.25) is 0 Å². The number of aliphatic hydroxyl groups is 1. The van der Waals surface area contributed by atoms with Gasteiger partial charge >= 0.3 is 0 Å². The molecular formula is C19H25N3O. The van der Waals surface area contributed by atoms with Crippen molar-refractivity contribution in [2.24, 2.45) is 0 Å². The standard InChI is InChI=1S/C19H25N3O/c23-15-14-22-13-10-19(20-22)18-9-5-12-21(16-18)11-4-8-17-6-2-1-3-7-17/h1-4,6-8,10,13,18,23H,5,9,11-12,14-16H2/b8-4+/t18-/m1/s1. The number of benzene rings is 1.